The van der Waals surface area contributed by atoms with E-state index in [9.17, 15) is 9.59 Å². The molecular weight excluding hydrogens is 438 g/mol. The number of nitrogens with zero attached hydrogens (tertiary/aromatic N) is 2. The van der Waals surface area contributed by atoms with Crippen molar-refractivity contribution in [2.24, 2.45) is 0 Å². The van der Waals surface area contributed by atoms with Gasteiger partial charge in [0.2, 0.25) is 6.79 Å². The number of nitrogen functional groups attached to an aromatic ring is 1. The summed E-state index contributed by atoms with van der Waals surface area (Å²) < 4.78 is 21.1. The Morgan fingerprint density at radius 3 is 2.59 bits per heavy atom. The lowest BCUT2D eigenvalue weighted by Crippen LogP contribution is -2.49. The standard InChI is InChI=1S/C22H24ClN3O6/c1-29-19-10-17(24)16(23)9-15(19)22(28)30-12-21(27)26-6-4-25(5-7-26)11-14-2-3-18-20(8-14)32-13-31-18/h2-3,8-10H,4-7,11-13,24H2,1H3. The van der Waals surface area contributed by atoms with Crippen LogP contribution in [0.5, 0.6) is 17.2 Å². The summed E-state index contributed by atoms with van der Waals surface area (Å²) in [5.41, 5.74) is 7.26. The van der Waals surface area contributed by atoms with E-state index in [1.165, 1.54) is 19.2 Å². The highest BCUT2D eigenvalue weighted by Crippen LogP contribution is 2.33. The van der Waals surface area contributed by atoms with Crippen LogP contribution in [0.4, 0.5) is 5.69 Å². The molecule has 10 heteroatoms. The zero-order valence-corrected chi connectivity index (χ0v) is 18.4. The van der Waals surface area contributed by atoms with Crippen molar-refractivity contribution >= 4 is 29.2 Å². The minimum Gasteiger partial charge on any atom is -0.496 e. The molecule has 0 aliphatic carbocycles. The monoisotopic (exact) mass is 461 g/mol. The van der Waals surface area contributed by atoms with Gasteiger partial charge in [-0.05, 0) is 23.8 Å². The molecule has 2 heterocycles. The molecule has 1 amide bonds. The topological polar surface area (TPSA) is 104 Å². The average molecular weight is 462 g/mol. The number of amides is 1. The molecule has 0 atom stereocenters. The fourth-order valence-electron chi connectivity index (χ4n) is 3.65. The molecule has 2 aliphatic rings. The predicted octanol–water partition coefficient (Wildman–Crippen LogP) is 2.16. The molecule has 4 rings (SSSR count). The fourth-order valence-corrected chi connectivity index (χ4v) is 3.81. The second kappa shape index (κ2) is 9.54. The number of fused-ring (bicyclic) bond motifs is 1. The predicted molar refractivity (Wildman–Crippen MR) is 117 cm³/mol. The van der Waals surface area contributed by atoms with Crippen molar-refractivity contribution in [3.8, 4) is 17.2 Å². The Morgan fingerprint density at radius 2 is 1.84 bits per heavy atom. The van der Waals surface area contributed by atoms with Gasteiger partial charge in [-0.2, -0.15) is 0 Å². The maximum atomic E-state index is 12.5. The zero-order chi connectivity index (χ0) is 22.7. The maximum absolute atomic E-state index is 12.5. The van der Waals surface area contributed by atoms with Crippen molar-refractivity contribution in [2.45, 2.75) is 6.54 Å². The van der Waals surface area contributed by atoms with Gasteiger partial charge < -0.3 is 29.6 Å². The first-order valence-electron chi connectivity index (χ1n) is 10.1. The Hall–Kier alpha value is -3.17. The van der Waals surface area contributed by atoms with Crippen LogP contribution in [0.25, 0.3) is 0 Å². The molecule has 32 heavy (non-hydrogen) atoms. The van der Waals surface area contributed by atoms with Crippen LogP contribution in [-0.2, 0) is 16.1 Å². The van der Waals surface area contributed by atoms with Crippen molar-refractivity contribution < 1.29 is 28.5 Å². The number of ether oxygens (including phenoxy) is 4. The summed E-state index contributed by atoms with van der Waals surface area (Å²) in [7, 11) is 1.41. The number of halogens is 1. The fraction of sp³-hybridized carbons (Fsp3) is 0.364. The summed E-state index contributed by atoms with van der Waals surface area (Å²) in [5.74, 6) is 0.816. The zero-order valence-electron chi connectivity index (χ0n) is 17.6. The quantitative estimate of drug-likeness (QED) is 0.515. The van der Waals surface area contributed by atoms with Crippen LogP contribution < -0.4 is 19.9 Å². The molecular formula is C22H24ClN3O6. The first-order chi connectivity index (χ1) is 15.4. The highest BCUT2D eigenvalue weighted by Gasteiger charge is 2.24. The van der Waals surface area contributed by atoms with E-state index in [0.29, 0.717) is 13.1 Å². The van der Waals surface area contributed by atoms with Crippen molar-refractivity contribution in [2.75, 3.05) is 52.4 Å². The molecule has 2 N–H and O–H groups in total. The lowest BCUT2D eigenvalue weighted by molar-refractivity contribution is -0.136. The second-order valence-electron chi connectivity index (χ2n) is 7.49. The molecule has 0 saturated carbocycles. The van der Waals surface area contributed by atoms with Gasteiger partial charge in [-0.3, -0.25) is 9.69 Å². The van der Waals surface area contributed by atoms with Crippen LogP contribution in [0.1, 0.15) is 15.9 Å². The number of anilines is 1. The van der Waals surface area contributed by atoms with Crippen molar-refractivity contribution in [1.29, 1.82) is 0 Å². The van der Waals surface area contributed by atoms with Gasteiger partial charge in [0.1, 0.15) is 11.3 Å². The second-order valence-corrected chi connectivity index (χ2v) is 7.90. The van der Waals surface area contributed by atoms with Crippen LogP contribution in [0.15, 0.2) is 30.3 Å². The molecule has 170 valence electrons. The SMILES string of the molecule is COc1cc(N)c(Cl)cc1C(=O)OCC(=O)N1CCN(Cc2ccc3c(c2)OCO3)CC1. The van der Waals surface area contributed by atoms with Gasteiger partial charge in [-0.1, -0.05) is 17.7 Å². The molecule has 2 aromatic rings. The minimum absolute atomic E-state index is 0.119. The Balaban J connectivity index is 1.26. The van der Waals surface area contributed by atoms with Crippen molar-refractivity contribution in [3.05, 3.63) is 46.5 Å². The first kappa shape index (κ1) is 22.0. The van der Waals surface area contributed by atoms with Crippen LogP contribution in [0.2, 0.25) is 5.02 Å². The van der Waals surface area contributed by atoms with Crippen LogP contribution in [0, 0.1) is 0 Å². The van der Waals surface area contributed by atoms with Gasteiger partial charge in [0, 0.05) is 38.8 Å². The number of carbonyl (C=O) groups excluding carboxylic acids is 2. The molecule has 1 saturated heterocycles. The Labute approximate surface area is 190 Å². The van der Waals surface area contributed by atoms with E-state index in [4.69, 9.17) is 36.3 Å². The van der Waals surface area contributed by atoms with Crippen LogP contribution in [-0.4, -0.2) is 68.4 Å². The summed E-state index contributed by atoms with van der Waals surface area (Å²) in [6.07, 6.45) is 0. The number of carbonyl (C=O) groups is 2. The summed E-state index contributed by atoms with van der Waals surface area (Å²) >= 11 is 5.99. The lowest BCUT2D eigenvalue weighted by Gasteiger charge is -2.34. The first-order valence-corrected chi connectivity index (χ1v) is 10.5. The average Bonchev–Trinajstić information content (AvgIpc) is 3.27. The summed E-state index contributed by atoms with van der Waals surface area (Å²) in [4.78, 5) is 28.9. The molecule has 9 nitrogen and oxygen atoms in total. The number of methoxy groups -OCH3 is 1. The van der Waals surface area contributed by atoms with Gasteiger partial charge in [0.15, 0.2) is 18.1 Å². The van der Waals surface area contributed by atoms with Gasteiger partial charge in [-0.25, -0.2) is 4.79 Å². The smallest absolute Gasteiger partial charge is 0.342 e. The van der Waals surface area contributed by atoms with Crippen LogP contribution in [0.3, 0.4) is 0 Å². The lowest BCUT2D eigenvalue weighted by atomic mass is 10.1. The Kier molecular flexibility index (Phi) is 6.57. The summed E-state index contributed by atoms with van der Waals surface area (Å²) in [5, 5.41) is 0.211. The number of rotatable bonds is 6. The van der Waals surface area contributed by atoms with Crippen molar-refractivity contribution in [3.63, 3.8) is 0 Å². The van der Waals surface area contributed by atoms with E-state index in [2.05, 4.69) is 4.90 Å². The van der Waals surface area contributed by atoms with E-state index in [-0.39, 0.29) is 41.3 Å². The van der Waals surface area contributed by atoms with E-state index in [1.54, 1.807) is 4.90 Å². The van der Waals surface area contributed by atoms with E-state index in [0.717, 1.165) is 36.7 Å². The third kappa shape index (κ3) is 4.84. The van der Waals surface area contributed by atoms with Gasteiger partial charge in [-0.15, -0.1) is 0 Å². The normalized spacial score (nSPS) is 15.5. The summed E-state index contributed by atoms with van der Waals surface area (Å²) in [6.45, 7) is 3.20. The number of nitrogens with two attached hydrogens (primary N) is 1. The van der Waals surface area contributed by atoms with Gasteiger partial charge in [0.05, 0.1) is 17.8 Å². The van der Waals surface area contributed by atoms with Gasteiger partial charge in [0.25, 0.3) is 5.91 Å². The van der Waals surface area contributed by atoms with E-state index >= 15 is 0 Å². The highest BCUT2D eigenvalue weighted by molar-refractivity contribution is 6.33. The number of hydrogen-bond acceptors (Lipinski definition) is 8. The molecule has 0 bridgehead atoms. The molecule has 2 aromatic carbocycles. The molecule has 0 spiro atoms. The molecule has 1 fully saturated rings. The Morgan fingerprint density at radius 1 is 1.09 bits per heavy atom. The molecule has 0 aromatic heterocycles. The van der Waals surface area contributed by atoms with Crippen molar-refractivity contribution in [1.82, 2.24) is 9.80 Å². The van der Waals surface area contributed by atoms with E-state index in [1.807, 2.05) is 18.2 Å². The number of hydrogen-bond donors (Lipinski definition) is 1. The highest BCUT2D eigenvalue weighted by atomic mass is 35.5. The van der Waals surface area contributed by atoms with Gasteiger partial charge >= 0.3 is 5.97 Å². The molecule has 2 aliphatic heterocycles. The molecule has 0 radical (unpaired) electrons. The number of benzene rings is 2. The number of esters is 1. The maximum Gasteiger partial charge on any atom is 0.342 e. The molecule has 0 unspecified atom stereocenters. The number of piperazine rings is 1. The summed E-state index contributed by atoms with van der Waals surface area (Å²) in [6, 6.07) is 8.73. The largest absolute Gasteiger partial charge is 0.496 e. The third-order valence-electron chi connectivity index (χ3n) is 5.43. The van der Waals surface area contributed by atoms with Crippen LogP contribution >= 0.6 is 11.6 Å². The third-order valence-corrected chi connectivity index (χ3v) is 5.76. The minimum atomic E-state index is -0.696. The Bertz CT molecular complexity index is 1020. The van der Waals surface area contributed by atoms with E-state index < -0.39 is 5.97 Å².